The second-order valence-corrected chi connectivity index (χ2v) is 6.69. The molecule has 120 valence electrons. The minimum Gasteiger partial charge on any atom is -0.313 e. The molecule has 0 amide bonds. The molecule has 0 spiro atoms. The third-order valence-electron chi connectivity index (χ3n) is 4.03. The highest BCUT2D eigenvalue weighted by molar-refractivity contribution is 9.10. The van der Waals surface area contributed by atoms with Crippen molar-refractivity contribution in [2.45, 2.75) is 70.8 Å². The van der Waals surface area contributed by atoms with E-state index in [1.54, 1.807) is 6.07 Å². The molecule has 1 aromatic rings. The average molecular weight is 358 g/mol. The molecule has 0 aromatic heterocycles. The van der Waals surface area contributed by atoms with Crippen LogP contribution in [0.2, 0.25) is 0 Å². The number of benzene rings is 1. The van der Waals surface area contributed by atoms with Gasteiger partial charge in [0, 0.05) is 16.1 Å². The Labute approximate surface area is 137 Å². The fraction of sp³-hybridized carbons (Fsp3) is 0.667. The lowest BCUT2D eigenvalue weighted by molar-refractivity contribution is 0.474. The van der Waals surface area contributed by atoms with Crippen molar-refractivity contribution in [3.8, 4) is 0 Å². The maximum atomic E-state index is 13.9. The van der Waals surface area contributed by atoms with Crippen molar-refractivity contribution in [2.75, 3.05) is 7.05 Å². The van der Waals surface area contributed by atoms with Gasteiger partial charge in [-0.15, -0.1) is 0 Å². The molecule has 0 aliphatic rings. The first-order chi connectivity index (χ1) is 10.2. The van der Waals surface area contributed by atoms with Crippen LogP contribution in [0.5, 0.6) is 0 Å². The molecule has 1 aromatic carbocycles. The SMILES string of the molecule is CCCCCCCCCCC(NC)c1cc(Br)ccc1F. The number of hydrogen-bond acceptors (Lipinski definition) is 1. The predicted octanol–water partition coefficient (Wildman–Crippen LogP) is 6.38. The molecule has 0 fully saturated rings. The lowest BCUT2D eigenvalue weighted by atomic mass is 9.99. The van der Waals surface area contributed by atoms with Gasteiger partial charge in [-0.25, -0.2) is 4.39 Å². The highest BCUT2D eigenvalue weighted by Gasteiger charge is 2.13. The summed E-state index contributed by atoms with van der Waals surface area (Å²) >= 11 is 3.42. The fourth-order valence-electron chi connectivity index (χ4n) is 2.72. The van der Waals surface area contributed by atoms with Gasteiger partial charge < -0.3 is 5.32 Å². The molecule has 0 radical (unpaired) electrons. The topological polar surface area (TPSA) is 12.0 Å². The fourth-order valence-corrected chi connectivity index (χ4v) is 3.10. The Morgan fingerprint density at radius 2 is 1.67 bits per heavy atom. The third-order valence-corrected chi connectivity index (χ3v) is 4.52. The van der Waals surface area contributed by atoms with E-state index in [4.69, 9.17) is 0 Å². The van der Waals surface area contributed by atoms with Gasteiger partial charge in [0.2, 0.25) is 0 Å². The third kappa shape index (κ3) is 7.42. The molecule has 3 heteroatoms. The molecular formula is C18H29BrFN. The van der Waals surface area contributed by atoms with Gasteiger partial charge >= 0.3 is 0 Å². The van der Waals surface area contributed by atoms with Crippen molar-refractivity contribution in [1.82, 2.24) is 5.32 Å². The van der Waals surface area contributed by atoms with Crippen LogP contribution in [-0.4, -0.2) is 7.05 Å². The molecule has 0 bridgehead atoms. The Hall–Kier alpha value is -0.410. The molecule has 1 rings (SSSR count). The number of hydrogen-bond donors (Lipinski definition) is 1. The largest absolute Gasteiger partial charge is 0.313 e. The summed E-state index contributed by atoms with van der Waals surface area (Å²) in [5, 5.41) is 3.24. The zero-order valence-corrected chi connectivity index (χ0v) is 15.0. The standard InChI is InChI=1S/C18H29BrFN/c1-3-4-5-6-7-8-9-10-11-18(21-2)16-14-15(19)12-13-17(16)20/h12-14,18,21H,3-11H2,1-2H3. The molecule has 0 heterocycles. The highest BCUT2D eigenvalue weighted by Crippen LogP contribution is 2.25. The lowest BCUT2D eigenvalue weighted by Crippen LogP contribution is -2.17. The highest BCUT2D eigenvalue weighted by atomic mass is 79.9. The lowest BCUT2D eigenvalue weighted by Gasteiger charge is -2.17. The van der Waals surface area contributed by atoms with Crippen molar-refractivity contribution in [1.29, 1.82) is 0 Å². The van der Waals surface area contributed by atoms with Gasteiger partial charge in [0.1, 0.15) is 5.82 Å². The van der Waals surface area contributed by atoms with E-state index in [1.165, 1.54) is 51.0 Å². The number of rotatable bonds is 11. The molecule has 0 aliphatic carbocycles. The van der Waals surface area contributed by atoms with Gasteiger partial charge in [-0.05, 0) is 31.7 Å². The summed E-state index contributed by atoms with van der Waals surface area (Å²) in [5.41, 5.74) is 0.773. The molecule has 1 N–H and O–H groups in total. The zero-order valence-electron chi connectivity index (χ0n) is 13.4. The van der Waals surface area contributed by atoms with Crippen LogP contribution in [0.15, 0.2) is 22.7 Å². The van der Waals surface area contributed by atoms with Crippen LogP contribution >= 0.6 is 15.9 Å². The normalized spacial score (nSPS) is 12.6. The molecule has 0 aliphatic heterocycles. The van der Waals surface area contributed by atoms with Gasteiger partial charge in [0.05, 0.1) is 0 Å². The maximum absolute atomic E-state index is 13.9. The maximum Gasteiger partial charge on any atom is 0.128 e. The van der Waals surface area contributed by atoms with Gasteiger partial charge in [-0.2, -0.15) is 0 Å². The van der Waals surface area contributed by atoms with E-state index in [9.17, 15) is 4.39 Å². The molecule has 1 unspecified atom stereocenters. The van der Waals surface area contributed by atoms with Crippen molar-refractivity contribution in [3.63, 3.8) is 0 Å². The van der Waals surface area contributed by atoms with Crippen LogP contribution in [0.4, 0.5) is 4.39 Å². The van der Waals surface area contributed by atoms with E-state index in [-0.39, 0.29) is 11.9 Å². The van der Waals surface area contributed by atoms with Crippen molar-refractivity contribution in [3.05, 3.63) is 34.1 Å². The van der Waals surface area contributed by atoms with E-state index in [1.807, 2.05) is 13.1 Å². The second kappa shape index (κ2) is 11.2. The number of nitrogens with one attached hydrogen (secondary N) is 1. The minimum atomic E-state index is -0.114. The summed E-state index contributed by atoms with van der Waals surface area (Å²) in [4.78, 5) is 0. The molecule has 0 saturated carbocycles. The van der Waals surface area contributed by atoms with Crippen LogP contribution in [0.1, 0.15) is 76.3 Å². The van der Waals surface area contributed by atoms with Crippen molar-refractivity contribution >= 4 is 15.9 Å². The predicted molar refractivity (Wildman–Crippen MR) is 93.1 cm³/mol. The summed E-state index contributed by atoms with van der Waals surface area (Å²) in [6.45, 7) is 2.25. The molecule has 1 nitrogen and oxygen atoms in total. The first-order valence-corrected chi connectivity index (χ1v) is 9.10. The van der Waals surface area contributed by atoms with Gasteiger partial charge in [-0.1, -0.05) is 74.2 Å². The van der Waals surface area contributed by atoms with Gasteiger partial charge in [0.15, 0.2) is 0 Å². The minimum absolute atomic E-state index is 0.114. The molecule has 1 atom stereocenters. The zero-order chi connectivity index (χ0) is 15.5. The van der Waals surface area contributed by atoms with Gasteiger partial charge in [0.25, 0.3) is 0 Å². The van der Waals surface area contributed by atoms with Crippen LogP contribution in [0.25, 0.3) is 0 Å². The summed E-state index contributed by atoms with van der Waals surface area (Å²) in [6, 6.07) is 5.29. The van der Waals surface area contributed by atoms with E-state index in [0.29, 0.717) is 0 Å². The smallest absolute Gasteiger partial charge is 0.128 e. The van der Waals surface area contributed by atoms with Crippen LogP contribution in [-0.2, 0) is 0 Å². The Kier molecular flexibility index (Phi) is 9.94. The average Bonchev–Trinajstić information content (AvgIpc) is 2.49. The molecular weight excluding hydrogens is 329 g/mol. The Morgan fingerprint density at radius 3 is 2.29 bits per heavy atom. The van der Waals surface area contributed by atoms with Gasteiger partial charge in [-0.3, -0.25) is 0 Å². The van der Waals surface area contributed by atoms with E-state index in [0.717, 1.165) is 22.9 Å². The Morgan fingerprint density at radius 1 is 1.05 bits per heavy atom. The monoisotopic (exact) mass is 357 g/mol. The quantitative estimate of drug-likeness (QED) is 0.453. The summed E-state index contributed by atoms with van der Waals surface area (Å²) in [5.74, 6) is -0.114. The Bertz CT molecular complexity index is 395. The summed E-state index contributed by atoms with van der Waals surface area (Å²) < 4.78 is 14.8. The first-order valence-electron chi connectivity index (χ1n) is 8.31. The first kappa shape index (κ1) is 18.6. The molecule has 21 heavy (non-hydrogen) atoms. The second-order valence-electron chi connectivity index (χ2n) is 5.77. The van der Waals surface area contributed by atoms with Crippen LogP contribution in [0, 0.1) is 5.82 Å². The Balaban J connectivity index is 2.27. The van der Waals surface area contributed by atoms with E-state index >= 15 is 0 Å². The number of halogens is 2. The number of unbranched alkanes of at least 4 members (excludes halogenated alkanes) is 7. The van der Waals surface area contributed by atoms with Crippen LogP contribution in [0.3, 0.4) is 0 Å². The van der Waals surface area contributed by atoms with E-state index < -0.39 is 0 Å². The van der Waals surface area contributed by atoms with Crippen molar-refractivity contribution in [2.24, 2.45) is 0 Å². The van der Waals surface area contributed by atoms with Crippen molar-refractivity contribution < 1.29 is 4.39 Å². The van der Waals surface area contributed by atoms with E-state index in [2.05, 4.69) is 28.2 Å². The van der Waals surface area contributed by atoms with Crippen LogP contribution < -0.4 is 5.32 Å². The summed E-state index contributed by atoms with van der Waals surface area (Å²) in [6.07, 6.45) is 11.5. The molecule has 0 saturated heterocycles. The summed E-state index contributed by atoms with van der Waals surface area (Å²) in [7, 11) is 1.91.